The quantitative estimate of drug-likeness (QED) is 0.0140. The van der Waals surface area contributed by atoms with Gasteiger partial charge in [-0.05, 0) is 81.0 Å². The number of amides is 8. The highest BCUT2D eigenvalue weighted by Crippen LogP contribution is 2.20. The number of carbonyl (C=O) groups excluding carboxylic acids is 8. The van der Waals surface area contributed by atoms with Gasteiger partial charge < -0.3 is 85.5 Å². The van der Waals surface area contributed by atoms with Gasteiger partial charge in [0.15, 0.2) is 5.96 Å². The molecule has 1 heterocycles. The van der Waals surface area contributed by atoms with E-state index in [1.54, 1.807) is 27.7 Å². The third-order valence-electron chi connectivity index (χ3n) is 11.7. The van der Waals surface area contributed by atoms with Gasteiger partial charge in [0.05, 0.1) is 19.3 Å². The lowest BCUT2D eigenvalue weighted by molar-refractivity contribution is -0.141. The van der Waals surface area contributed by atoms with E-state index in [-0.39, 0.29) is 55.6 Å². The lowest BCUT2D eigenvalue weighted by atomic mass is 10.0. The molecule has 8 amide bonds. The molecule has 1 fully saturated rings. The second-order valence-electron chi connectivity index (χ2n) is 18.5. The number of nitrogens with one attached hydrogen (secondary N) is 7. The fourth-order valence-electron chi connectivity index (χ4n) is 7.68. The summed E-state index contributed by atoms with van der Waals surface area (Å²) in [7, 11) is 0. The summed E-state index contributed by atoms with van der Waals surface area (Å²) in [5, 5.41) is 57.3. The summed E-state index contributed by atoms with van der Waals surface area (Å²) in [6.45, 7) is 5.53. The number of aliphatic imine (C=N–C) groups is 1. The maximum atomic E-state index is 14.0. The standard InChI is InChI=1S/C46H77N13O13S/c1-24(2)19-30(53-41(67)33(22-61)56-43(69)36(25(3)4)58-42(68)35-11-8-18-59(35)44(70)28(48)9-5-6-16-47)38(64)55-32(21-60)40(66)54-31(20-26-12-14-27(62)15-13-26)39(65)52-29(10-7-17-51-46(49)50)37(63)57-34(23-73)45(71)72/h12-15,24-25,28-36,60-62,73H,5-11,16-23,47-48H2,1-4H3,(H,52,65)(H,53,67)(H,54,66)(H,55,64)(H,56,69)(H,57,63)(H,58,68)(H,71,72)(H4,49,50,51)/t28-,29-,30-,31-,32-,33-,34-,35-,36-/m0/s1. The molecule has 1 aromatic rings. The first-order valence-electron chi connectivity index (χ1n) is 24.3. The average Bonchev–Trinajstić information content (AvgIpc) is 3.83. The van der Waals surface area contributed by atoms with Gasteiger partial charge >= 0.3 is 5.97 Å². The number of benzene rings is 1. The number of rotatable bonds is 32. The van der Waals surface area contributed by atoms with Crippen LogP contribution in [0.15, 0.2) is 29.3 Å². The Morgan fingerprint density at radius 1 is 0.712 bits per heavy atom. The van der Waals surface area contributed by atoms with Crippen LogP contribution in [-0.4, -0.2) is 177 Å². The number of guanidine groups is 1. The number of unbranched alkanes of at least 4 members (excludes halogenated alkanes) is 1. The number of nitrogens with zero attached hydrogens (tertiary/aromatic N) is 2. The van der Waals surface area contributed by atoms with E-state index < -0.39 is 127 Å². The lowest BCUT2D eigenvalue weighted by Gasteiger charge is -2.30. The van der Waals surface area contributed by atoms with E-state index in [1.165, 1.54) is 29.2 Å². The van der Waals surface area contributed by atoms with Crippen LogP contribution in [0.2, 0.25) is 0 Å². The first-order chi connectivity index (χ1) is 34.5. The Kier molecular flexibility index (Phi) is 27.6. The van der Waals surface area contributed by atoms with Crippen molar-refractivity contribution in [2.75, 3.05) is 38.6 Å². The van der Waals surface area contributed by atoms with Crippen molar-refractivity contribution in [3.8, 4) is 5.75 Å². The molecule has 73 heavy (non-hydrogen) atoms. The number of aliphatic hydroxyl groups is 2. The Morgan fingerprint density at radius 3 is 1.77 bits per heavy atom. The van der Waals surface area contributed by atoms with Crippen molar-refractivity contribution in [2.45, 2.75) is 140 Å². The van der Waals surface area contributed by atoms with Gasteiger partial charge in [-0.2, -0.15) is 12.6 Å². The number of hydrogen-bond donors (Lipinski definition) is 16. The molecule has 26 nitrogen and oxygen atoms in total. The maximum absolute atomic E-state index is 14.0. The molecule has 2 rings (SSSR count). The minimum absolute atomic E-state index is 0.0340. The van der Waals surface area contributed by atoms with E-state index in [4.69, 9.17) is 22.9 Å². The number of carboxylic acids is 1. The molecule has 410 valence electrons. The van der Waals surface area contributed by atoms with Gasteiger partial charge in [0.1, 0.15) is 54.1 Å². The van der Waals surface area contributed by atoms with E-state index in [0.29, 0.717) is 50.8 Å². The molecular weight excluding hydrogens is 975 g/mol. The van der Waals surface area contributed by atoms with Gasteiger partial charge in [-0.1, -0.05) is 46.2 Å². The Balaban J connectivity index is 2.29. The molecule has 0 saturated carbocycles. The van der Waals surface area contributed by atoms with E-state index >= 15 is 0 Å². The molecule has 0 radical (unpaired) electrons. The monoisotopic (exact) mass is 1050 g/mol. The van der Waals surface area contributed by atoms with Crippen LogP contribution in [0.4, 0.5) is 0 Å². The number of aliphatic hydroxyl groups excluding tert-OH is 2. The topological polar surface area (TPSA) is 438 Å². The molecule has 19 N–H and O–H groups in total. The SMILES string of the molecule is CC(C)C[C@H](NC(=O)[C@H](CO)NC(=O)[C@@H](NC(=O)[C@@H]1CCCN1C(=O)[C@@H](N)CCCCN)C(C)C)C(=O)N[C@@H](CO)C(=O)N[C@@H](Cc1ccc(O)cc1)C(=O)N[C@@H](CCCN=C(N)N)C(=O)N[C@@H](CS)C(=O)O. The zero-order valence-corrected chi connectivity index (χ0v) is 42.8. The van der Waals surface area contributed by atoms with Crippen LogP contribution >= 0.6 is 12.6 Å². The molecule has 0 bridgehead atoms. The summed E-state index contributed by atoms with van der Waals surface area (Å²) in [6, 6.07) is -6.58. The van der Waals surface area contributed by atoms with Gasteiger partial charge in [0, 0.05) is 25.3 Å². The van der Waals surface area contributed by atoms with E-state index in [1.807, 2.05) is 0 Å². The molecule has 1 aromatic carbocycles. The van der Waals surface area contributed by atoms with Crippen LogP contribution in [0.3, 0.4) is 0 Å². The fraction of sp³-hybridized carbons (Fsp3) is 0.652. The van der Waals surface area contributed by atoms with E-state index in [0.717, 1.165) is 0 Å². The molecule has 0 aromatic heterocycles. The largest absolute Gasteiger partial charge is 0.508 e. The number of phenols is 1. The number of hydrogen-bond acceptors (Lipinski definition) is 16. The average molecular weight is 1050 g/mol. The second-order valence-corrected chi connectivity index (χ2v) is 18.9. The van der Waals surface area contributed by atoms with Crippen molar-refractivity contribution in [1.29, 1.82) is 0 Å². The van der Waals surface area contributed by atoms with Crippen LogP contribution < -0.4 is 60.2 Å². The predicted octanol–water partition coefficient (Wildman–Crippen LogP) is -4.47. The van der Waals surface area contributed by atoms with Crippen LogP contribution in [0.25, 0.3) is 0 Å². The normalized spacial score (nSPS) is 16.6. The van der Waals surface area contributed by atoms with Crippen LogP contribution in [-0.2, 0) is 49.6 Å². The Morgan fingerprint density at radius 2 is 1.23 bits per heavy atom. The van der Waals surface area contributed by atoms with Crippen molar-refractivity contribution in [3.05, 3.63) is 29.8 Å². The van der Waals surface area contributed by atoms with Crippen molar-refractivity contribution >= 4 is 71.8 Å². The van der Waals surface area contributed by atoms with Gasteiger partial charge in [0.25, 0.3) is 0 Å². The minimum atomic E-state index is -1.75. The highest BCUT2D eigenvalue weighted by molar-refractivity contribution is 7.80. The van der Waals surface area contributed by atoms with E-state index in [9.17, 15) is 63.6 Å². The number of carbonyl (C=O) groups is 9. The number of phenolic OH excluding ortho intramolecular Hbond substituents is 1. The third kappa shape index (κ3) is 21.4. The number of nitrogens with two attached hydrogens (primary N) is 4. The minimum Gasteiger partial charge on any atom is -0.508 e. The predicted molar refractivity (Wildman–Crippen MR) is 271 cm³/mol. The summed E-state index contributed by atoms with van der Waals surface area (Å²) in [6.07, 6.45) is 2.29. The molecule has 0 spiro atoms. The molecule has 1 saturated heterocycles. The maximum Gasteiger partial charge on any atom is 0.327 e. The molecule has 0 unspecified atom stereocenters. The van der Waals surface area contributed by atoms with Gasteiger partial charge in [-0.15, -0.1) is 0 Å². The highest BCUT2D eigenvalue weighted by atomic mass is 32.1. The van der Waals surface area contributed by atoms with Crippen molar-refractivity contribution < 1.29 is 63.6 Å². The number of aromatic hydroxyl groups is 1. The Hall–Kier alpha value is -6.29. The molecule has 0 aliphatic carbocycles. The summed E-state index contributed by atoms with van der Waals surface area (Å²) in [5.74, 6) is -9.62. The first-order valence-corrected chi connectivity index (χ1v) is 24.9. The van der Waals surface area contributed by atoms with Crippen LogP contribution in [0.5, 0.6) is 5.75 Å². The van der Waals surface area contributed by atoms with Gasteiger partial charge in [-0.3, -0.25) is 43.3 Å². The highest BCUT2D eigenvalue weighted by Gasteiger charge is 2.39. The smallest absolute Gasteiger partial charge is 0.327 e. The summed E-state index contributed by atoms with van der Waals surface area (Å²) >= 11 is 3.97. The molecule has 1 aliphatic heterocycles. The zero-order chi connectivity index (χ0) is 54.9. The zero-order valence-electron chi connectivity index (χ0n) is 41.9. The number of likely N-dealkylation sites (tertiary alicyclic amines) is 1. The van der Waals surface area contributed by atoms with Crippen LogP contribution in [0.1, 0.15) is 84.6 Å². The van der Waals surface area contributed by atoms with Crippen LogP contribution in [0, 0.1) is 11.8 Å². The van der Waals surface area contributed by atoms with Crippen molar-refractivity contribution in [1.82, 2.24) is 42.1 Å². The van der Waals surface area contributed by atoms with Gasteiger partial charge in [0.2, 0.25) is 47.3 Å². The van der Waals surface area contributed by atoms with Gasteiger partial charge in [-0.25, -0.2) is 4.79 Å². The Labute approximate surface area is 430 Å². The first kappa shape index (κ1) is 62.8. The molecule has 9 atom stereocenters. The lowest BCUT2D eigenvalue weighted by Crippen LogP contribution is -2.62. The fourth-order valence-corrected chi connectivity index (χ4v) is 7.93. The molecular formula is C46H77N13O13S. The summed E-state index contributed by atoms with van der Waals surface area (Å²) < 4.78 is 0. The third-order valence-corrected chi connectivity index (χ3v) is 12.1. The van der Waals surface area contributed by atoms with E-state index in [2.05, 4.69) is 54.8 Å². The van der Waals surface area contributed by atoms with Crippen molar-refractivity contribution in [3.63, 3.8) is 0 Å². The molecule has 1 aliphatic rings. The summed E-state index contributed by atoms with van der Waals surface area (Å²) in [5.41, 5.74) is 22.9. The number of aliphatic carboxylic acids is 1. The summed E-state index contributed by atoms with van der Waals surface area (Å²) in [4.78, 5) is 126. The molecule has 27 heteroatoms. The number of carboxylic acid groups (broad SMARTS) is 1. The van der Waals surface area contributed by atoms with Crippen molar-refractivity contribution in [2.24, 2.45) is 39.8 Å². The Bertz CT molecular complexity index is 2040. The number of thiol groups is 1. The second kappa shape index (κ2) is 32.0.